The Bertz CT molecular complexity index is 261. The van der Waals surface area contributed by atoms with Gasteiger partial charge in [0.25, 0.3) is 0 Å². The third-order valence-corrected chi connectivity index (χ3v) is 3.84. The maximum absolute atomic E-state index is 4.52. The lowest BCUT2D eigenvalue weighted by atomic mass is 9.87. The van der Waals surface area contributed by atoms with Crippen molar-refractivity contribution in [3.8, 4) is 0 Å². The molecule has 1 fully saturated rings. The first-order valence-corrected chi connectivity index (χ1v) is 6.13. The van der Waals surface area contributed by atoms with Gasteiger partial charge in [-0.05, 0) is 12.8 Å². The van der Waals surface area contributed by atoms with E-state index in [1.165, 1.54) is 49.2 Å². The fourth-order valence-electron chi connectivity index (χ4n) is 2.13. The zero-order valence-corrected chi connectivity index (χ0v) is 9.07. The van der Waals surface area contributed by atoms with Crippen LogP contribution in [0, 0.1) is 12.8 Å². The van der Waals surface area contributed by atoms with E-state index >= 15 is 0 Å². The molecule has 13 heavy (non-hydrogen) atoms. The van der Waals surface area contributed by atoms with Gasteiger partial charge in [0, 0.05) is 17.5 Å². The van der Waals surface area contributed by atoms with Crippen molar-refractivity contribution in [1.29, 1.82) is 0 Å². The third-order valence-electron chi connectivity index (χ3n) is 2.85. The molecule has 0 atom stereocenters. The van der Waals surface area contributed by atoms with Gasteiger partial charge in [0.2, 0.25) is 0 Å². The smallest absolute Gasteiger partial charge is 0.0930 e. The second-order valence-corrected chi connectivity index (χ2v) is 5.03. The molecule has 1 aromatic heterocycles. The molecule has 0 N–H and O–H groups in total. The van der Waals surface area contributed by atoms with Crippen LogP contribution in [0.15, 0.2) is 5.38 Å². The standard InChI is InChI=1S/C11H17NS/c1-9-8-13-11(12-9)7-10-5-3-2-4-6-10/h8,10H,2-7H2,1H3. The number of aryl methyl sites for hydroxylation is 1. The number of nitrogens with zero attached hydrogens (tertiary/aromatic N) is 1. The van der Waals surface area contributed by atoms with E-state index in [0.717, 1.165) is 5.92 Å². The van der Waals surface area contributed by atoms with E-state index in [-0.39, 0.29) is 0 Å². The minimum absolute atomic E-state index is 0.930. The summed E-state index contributed by atoms with van der Waals surface area (Å²) < 4.78 is 0. The minimum Gasteiger partial charge on any atom is -0.247 e. The van der Waals surface area contributed by atoms with Gasteiger partial charge in [0.1, 0.15) is 0 Å². The number of hydrogen-bond donors (Lipinski definition) is 0. The summed E-state index contributed by atoms with van der Waals surface area (Å²) in [6, 6.07) is 0. The van der Waals surface area contributed by atoms with Gasteiger partial charge in [-0.2, -0.15) is 0 Å². The average Bonchev–Trinajstić information content (AvgIpc) is 2.53. The predicted octanol–water partition coefficient (Wildman–Crippen LogP) is 3.57. The average molecular weight is 195 g/mol. The largest absolute Gasteiger partial charge is 0.247 e. The van der Waals surface area contributed by atoms with Crippen molar-refractivity contribution in [2.45, 2.75) is 45.4 Å². The minimum atomic E-state index is 0.930. The summed E-state index contributed by atoms with van der Waals surface area (Å²) >= 11 is 1.83. The fourth-order valence-corrected chi connectivity index (χ4v) is 3.02. The van der Waals surface area contributed by atoms with E-state index < -0.39 is 0 Å². The van der Waals surface area contributed by atoms with Crippen molar-refractivity contribution in [3.63, 3.8) is 0 Å². The summed E-state index contributed by atoms with van der Waals surface area (Å²) in [7, 11) is 0. The molecule has 1 aliphatic carbocycles. The highest BCUT2D eigenvalue weighted by Crippen LogP contribution is 2.27. The summed E-state index contributed by atoms with van der Waals surface area (Å²) in [6.07, 6.45) is 8.42. The van der Waals surface area contributed by atoms with Crippen LogP contribution < -0.4 is 0 Å². The number of thiazole rings is 1. The van der Waals surface area contributed by atoms with Gasteiger partial charge in [-0.15, -0.1) is 11.3 Å². The van der Waals surface area contributed by atoms with Gasteiger partial charge in [-0.3, -0.25) is 0 Å². The zero-order chi connectivity index (χ0) is 9.10. The maximum atomic E-state index is 4.52. The van der Waals surface area contributed by atoms with E-state index in [4.69, 9.17) is 0 Å². The third kappa shape index (κ3) is 2.53. The topological polar surface area (TPSA) is 12.9 Å². The number of rotatable bonds is 2. The molecular weight excluding hydrogens is 178 g/mol. The monoisotopic (exact) mass is 195 g/mol. The Kier molecular flexibility index (Phi) is 2.99. The first-order chi connectivity index (χ1) is 6.34. The van der Waals surface area contributed by atoms with Crippen LogP contribution in [-0.4, -0.2) is 4.98 Å². The predicted molar refractivity (Wildman–Crippen MR) is 57.1 cm³/mol. The molecule has 72 valence electrons. The molecule has 1 aliphatic rings. The molecule has 2 heteroatoms. The van der Waals surface area contributed by atoms with Crippen LogP contribution in [0.1, 0.15) is 42.8 Å². The lowest BCUT2D eigenvalue weighted by Gasteiger charge is -2.20. The van der Waals surface area contributed by atoms with Crippen LogP contribution in [0.25, 0.3) is 0 Å². The van der Waals surface area contributed by atoms with Crippen LogP contribution in [0.5, 0.6) is 0 Å². The number of hydrogen-bond acceptors (Lipinski definition) is 2. The first kappa shape index (κ1) is 9.20. The highest BCUT2D eigenvalue weighted by molar-refractivity contribution is 7.09. The molecule has 0 amide bonds. The molecular formula is C11H17NS. The lowest BCUT2D eigenvalue weighted by Crippen LogP contribution is -2.08. The van der Waals surface area contributed by atoms with E-state index in [1.807, 2.05) is 11.3 Å². The summed E-state index contributed by atoms with van der Waals surface area (Å²) in [5.41, 5.74) is 1.19. The molecule has 0 aromatic carbocycles. The van der Waals surface area contributed by atoms with Crippen LogP contribution in [0.2, 0.25) is 0 Å². The molecule has 2 rings (SSSR count). The maximum Gasteiger partial charge on any atom is 0.0930 e. The molecule has 0 unspecified atom stereocenters. The van der Waals surface area contributed by atoms with Gasteiger partial charge in [-0.1, -0.05) is 32.1 Å². The van der Waals surface area contributed by atoms with Crippen molar-refractivity contribution in [2.24, 2.45) is 5.92 Å². The van der Waals surface area contributed by atoms with E-state index in [0.29, 0.717) is 0 Å². The van der Waals surface area contributed by atoms with Crippen molar-refractivity contribution < 1.29 is 0 Å². The SMILES string of the molecule is Cc1csc(CC2CCCCC2)n1. The van der Waals surface area contributed by atoms with Crippen LogP contribution in [0.3, 0.4) is 0 Å². The number of aromatic nitrogens is 1. The molecule has 0 bridgehead atoms. The van der Waals surface area contributed by atoms with E-state index in [1.54, 1.807) is 0 Å². The first-order valence-electron chi connectivity index (χ1n) is 5.25. The molecule has 1 heterocycles. The molecule has 0 radical (unpaired) electrons. The normalized spacial score (nSPS) is 19.2. The highest BCUT2D eigenvalue weighted by Gasteiger charge is 2.14. The van der Waals surface area contributed by atoms with Crippen LogP contribution in [-0.2, 0) is 6.42 Å². The van der Waals surface area contributed by atoms with Crippen LogP contribution in [0.4, 0.5) is 0 Å². The van der Waals surface area contributed by atoms with Gasteiger partial charge in [0.15, 0.2) is 0 Å². The molecule has 1 aromatic rings. The van der Waals surface area contributed by atoms with Crippen molar-refractivity contribution in [2.75, 3.05) is 0 Å². The lowest BCUT2D eigenvalue weighted by molar-refractivity contribution is 0.356. The van der Waals surface area contributed by atoms with Gasteiger partial charge in [0.05, 0.1) is 5.01 Å². The summed E-state index contributed by atoms with van der Waals surface area (Å²) in [5.74, 6) is 0.930. The Morgan fingerprint density at radius 1 is 1.38 bits per heavy atom. The molecule has 1 saturated carbocycles. The van der Waals surface area contributed by atoms with Crippen molar-refractivity contribution in [1.82, 2.24) is 4.98 Å². The quantitative estimate of drug-likeness (QED) is 0.703. The Morgan fingerprint density at radius 3 is 2.77 bits per heavy atom. The Morgan fingerprint density at radius 2 is 2.15 bits per heavy atom. The second kappa shape index (κ2) is 4.23. The van der Waals surface area contributed by atoms with Gasteiger partial charge >= 0.3 is 0 Å². The summed E-state index contributed by atoms with van der Waals surface area (Å²) in [5, 5.41) is 3.52. The Labute approximate surface area is 84.2 Å². The van der Waals surface area contributed by atoms with Gasteiger partial charge in [-0.25, -0.2) is 4.98 Å². The highest BCUT2D eigenvalue weighted by atomic mass is 32.1. The van der Waals surface area contributed by atoms with E-state index in [2.05, 4.69) is 17.3 Å². The summed E-state index contributed by atoms with van der Waals surface area (Å²) in [4.78, 5) is 4.52. The molecule has 0 saturated heterocycles. The fraction of sp³-hybridized carbons (Fsp3) is 0.727. The zero-order valence-electron chi connectivity index (χ0n) is 8.25. The summed E-state index contributed by atoms with van der Waals surface area (Å²) in [6.45, 7) is 2.08. The molecule has 0 spiro atoms. The van der Waals surface area contributed by atoms with Crippen LogP contribution >= 0.6 is 11.3 Å². The van der Waals surface area contributed by atoms with Crippen molar-refractivity contribution >= 4 is 11.3 Å². The van der Waals surface area contributed by atoms with E-state index in [9.17, 15) is 0 Å². The molecule has 1 nitrogen and oxygen atoms in total. The molecule has 0 aliphatic heterocycles. The Hall–Kier alpha value is -0.370. The van der Waals surface area contributed by atoms with Crippen molar-refractivity contribution in [3.05, 3.63) is 16.1 Å². The van der Waals surface area contributed by atoms with Gasteiger partial charge < -0.3 is 0 Å². The Balaban J connectivity index is 1.89. The second-order valence-electron chi connectivity index (χ2n) is 4.09.